The van der Waals surface area contributed by atoms with Crippen LogP contribution in [0.15, 0.2) is 42.5 Å². The van der Waals surface area contributed by atoms with Gasteiger partial charge in [0.15, 0.2) is 0 Å². The zero-order valence-corrected chi connectivity index (χ0v) is 13.6. The molecule has 0 unspecified atom stereocenters. The van der Waals surface area contributed by atoms with Gasteiger partial charge in [-0.05, 0) is 41.3 Å². The van der Waals surface area contributed by atoms with Crippen LogP contribution in [0.3, 0.4) is 0 Å². The van der Waals surface area contributed by atoms with E-state index in [9.17, 15) is 4.21 Å². The molecule has 3 nitrogen and oxygen atoms in total. The third-order valence-corrected chi connectivity index (χ3v) is 4.53. The fourth-order valence-electron chi connectivity index (χ4n) is 2.75. The molecule has 0 aliphatic carbocycles. The van der Waals surface area contributed by atoms with E-state index in [-0.39, 0.29) is 0 Å². The summed E-state index contributed by atoms with van der Waals surface area (Å²) >= 11 is 0. The predicted molar refractivity (Wildman–Crippen MR) is 92.0 cm³/mol. The van der Waals surface area contributed by atoms with Gasteiger partial charge in [0.1, 0.15) is 5.75 Å². The highest BCUT2D eigenvalue weighted by Crippen LogP contribution is 2.26. The van der Waals surface area contributed by atoms with Gasteiger partial charge in [0, 0.05) is 41.5 Å². The van der Waals surface area contributed by atoms with Gasteiger partial charge in [-0.2, -0.15) is 0 Å². The van der Waals surface area contributed by atoms with Crippen LogP contribution in [-0.2, 0) is 29.4 Å². The van der Waals surface area contributed by atoms with E-state index in [1.165, 1.54) is 11.1 Å². The van der Waals surface area contributed by atoms with Crippen LogP contribution < -0.4 is 10.1 Å². The van der Waals surface area contributed by atoms with Crippen LogP contribution in [0.25, 0.3) is 0 Å². The van der Waals surface area contributed by atoms with E-state index in [4.69, 9.17) is 4.74 Å². The average Bonchev–Trinajstić information content (AvgIpc) is 2.94. The second kappa shape index (κ2) is 6.97. The molecule has 0 amide bonds. The van der Waals surface area contributed by atoms with Crippen molar-refractivity contribution in [3.8, 4) is 5.75 Å². The van der Waals surface area contributed by atoms with Gasteiger partial charge in [0.25, 0.3) is 0 Å². The molecule has 0 saturated carbocycles. The van der Waals surface area contributed by atoms with Gasteiger partial charge in [-0.25, -0.2) is 0 Å². The molecule has 4 heteroatoms. The van der Waals surface area contributed by atoms with Gasteiger partial charge in [0.2, 0.25) is 0 Å². The molecule has 0 bridgehead atoms. The van der Waals surface area contributed by atoms with Crippen LogP contribution in [-0.4, -0.2) is 23.6 Å². The molecule has 1 aliphatic heterocycles. The molecule has 1 atom stereocenters. The number of hydrogen-bond acceptors (Lipinski definition) is 3. The maximum atomic E-state index is 11.3. The second-order valence-corrected chi connectivity index (χ2v) is 7.07. The van der Waals surface area contributed by atoms with Crippen molar-refractivity contribution in [1.29, 1.82) is 0 Å². The van der Waals surface area contributed by atoms with Gasteiger partial charge in [-0.3, -0.25) is 4.21 Å². The molecule has 116 valence electrons. The lowest BCUT2D eigenvalue weighted by atomic mass is 10.1. The quantitative estimate of drug-likeness (QED) is 0.890. The molecule has 1 N–H and O–H groups in total. The van der Waals surface area contributed by atoms with Crippen molar-refractivity contribution in [2.75, 3.05) is 24.7 Å². The van der Waals surface area contributed by atoms with Crippen molar-refractivity contribution < 1.29 is 8.95 Å². The van der Waals surface area contributed by atoms with Crippen molar-refractivity contribution in [2.45, 2.75) is 18.6 Å². The lowest BCUT2D eigenvalue weighted by molar-refractivity contribution is 0.357. The topological polar surface area (TPSA) is 38.3 Å². The molecule has 0 spiro atoms. The summed E-state index contributed by atoms with van der Waals surface area (Å²) in [5, 5.41) is 3.44. The molecule has 22 heavy (non-hydrogen) atoms. The number of anilines is 1. The summed E-state index contributed by atoms with van der Waals surface area (Å²) in [5.74, 6) is 1.65. The SMILES string of the molecule is C[S@](=O)Cc1cccc(NCCc2ccc3c(c2)CCO3)c1. The zero-order chi connectivity index (χ0) is 15.4. The standard InChI is InChI=1S/C18H21NO2S/c1-22(20)13-15-3-2-4-17(12-15)19-9-7-14-5-6-18-16(11-14)8-10-21-18/h2-6,11-12,19H,7-10,13H2,1H3/t22-/m0/s1. The Morgan fingerprint density at radius 1 is 1.18 bits per heavy atom. The van der Waals surface area contributed by atoms with Crippen molar-refractivity contribution in [2.24, 2.45) is 0 Å². The molecular formula is C18H21NO2S. The number of ether oxygens (including phenoxy) is 1. The Bertz CT molecular complexity index is 685. The van der Waals surface area contributed by atoms with Gasteiger partial charge in [0.05, 0.1) is 6.61 Å². The predicted octanol–water partition coefficient (Wildman–Crippen LogP) is 3.15. The zero-order valence-electron chi connectivity index (χ0n) is 12.8. The molecule has 3 rings (SSSR count). The number of rotatable bonds is 6. The van der Waals surface area contributed by atoms with E-state index in [1.807, 2.05) is 12.1 Å². The Hall–Kier alpha value is -1.81. The normalized spacial score (nSPS) is 14.2. The van der Waals surface area contributed by atoms with E-state index in [0.29, 0.717) is 5.75 Å². The number of fused-ring (bicyclic) bond motifs is 1. The average molecular weight is 315 g/mol. The molecule has 1 aliphatic rings. The van der Waals surface area contributed by atoms with Gasteiger partial charge in [-0.1, -0.05) is 24.3 Å². The largest absolute Gasteiger partial charge is 0.493 e. The van der Waals surface area contributed by atoms with Crippen molar-refractivity contribution in [3.63, 3.8) is 0 Å². The first kappa shape index (κ1) is 15.1. The molecule has 2 aromatic carbocycles. The minimum absolute atomic E-state index is 0.611. The highest BCUT2D eigenvalue weighted by Gasteiger charge is 2.11. The summed E-state index contributed by atoms with van der Waals surface area (Å²) in [6, 6.07) is 14.6. The van der Waals surface area contributed by atoms with Crippen molar-refractivity contribution in [3.05, 3.63) is 59.2 Å². The van der Waals surface area contributed by atoms with E-state index < -0.39 is 10.8 Å². The summed E-state index contributed by atoms with van der Waals surface area (Å²) < 4.78 is 16.8. The van der Waals surface area contributed by atoms with Crippen LogP contribution in [0.4, 0.5) is 5.69 Å². The smallest absolute Gasteiger partial charge is 0.122 e. The summed E-state index contributed by atoms with van der Waals surface area (Å²) in [6.07, 6.45) is 3.74. The molecule has 0 saturated heterocycles. The molecule has 0 fully saturated rings. The molecule has 0 aromatic heterocycles. The van der Waals surface area contributed by atoms with Crippen LogP contribution in [0.2, 0.25) is 0 Å². The van der Waals surface area contributed by atoms with E-state index >= 15 is 0 Å². The lowest BCUT2D eigenvalue weighted by Crippen LogP contribution is -2.05. The van der Waals surface area contributed by atoms with Gasteiger partial charge < -0.3 is 10.1 Å². The first-order valence-corrected chi connectivity index (χ1v) is 9.31. The summed E-state index contributed by atoms with van der Waals surface area (Å²) in [7, 11) is -0.800. The van der Waals surface area contributed by atoms with Crippen LogP contribution in [0.1, 0.15) is 16.7 Å². The fraction of sp³-hybridized carbons (Fsp3) is 0.333. The Labute approximate surface area is 134 Å². The molecule has 2 aromatic rings. The Morgan fingerprint density at radius 3 is 2.95 bits per heavy atom. The Kier molecular flexibility index (Phi) is 4.78. The maximum Gasteiger partial charge on any atom is 0.122 e. The summed E-state index contributed by atoms with van der Waals surface area (Å²) in [6.45, 7) is 1.70. The van der Waals surface area contributed by atoms with E-state index in [2.05, 4.69) is 35.6 Å². The Balaban J connectivity index is 1.55. The van der Waals surface area contributed by atoms with E-state index in [1.54, 1.807) is 6.26 Å². The third-order valence-electron chi connectivity index (χ3n) is 3.79. The van der Waals surface area contributed by atoms with Crippen molar-refractivity contribution in [1.82, 2.24) is 0 Å². The lowest BCUT2D eigenvalue weighted by Gasteiger charge is -2.09. The molecule has 0 radical (unpaired) electrons. The van der Waals surface area contributed by atoms with Crippen LogP contribution in [0, 0.1) is 0 Å². The summed E-state index contributed by atoms with van der Waals surface area (Å²) in [5.41, 5.74) is 4.86. The van der Waals surface area contributed by atoms with Crippen LogP contribution >= 0.6 is 0 Å². The summed E-state index contributed by atoms with van der Waals surface area (Å²) in [4.78, 5) is 0. The monoisotopic (exact) mass is 315 g/mol. The van der Waals surface area contributed by atoms with Crippen molar-refractivity contribution >= 4 is 16.5 Å². The molecular weight excluding hydrogens is 294 g/mol. The van der Waals surface area contributed by atoms with E-state index in [0.717, 1.165) is 43.0 Å². The minimum atomic E-state index is -0.800. The highest BCUT2D eigenvalue weighted by atomic mass is 32.2. The number of benzene rings is 2. The first-order valence-electron chi connectivity index (χ1n) is 7.58. The fourth-order valence-corrected chi connectivity index (χ4v) is 3.40. The molecule has 1 heterocycles. The minimum Gasteiger partial charge on any atom is -0.493 e. The second-order valence-electron chi connectivity index (χ2n) is 5.64. The highest BCUT2D eigenvalue weighted by molar-refractivity contribution is 7.83. The number of nitrogens with one attached hydrogen (secondary N) is 1. The Morgan fingerprint density at radius 2 is 2.09 bits per heavy atom. The van der Waals surface area contributed by atoms with Crippen LogP contribution in [0.5, 0.6) is 5.75 Å². The first-order chi connectivity index (χ1) is 10.7. The van der Waals surface area contributed by atoms with Gasteiger partial charge in [-0.15, -0.1) is 0 Å². The third kappa shape index (κ3) is 3.89. The van der Waals surface area contributed by atoms with Gasteiger partial charge >= 0.3 is 0 Å². The maximum absolute atomic E-state index is 11.3. The number of hydrogen-bond donors (Lipinski definition) is 1.